The number of carbonyl (C=O) groups excluding carboxylic acids is 1. The maximum absolute atomic E-state index is 12.4. The molecule has 5 heteroatoms. The van der Waals surface area contributed by atoms with Gasteiger partial charge in [0.25, 0.3) is 0 Å². The molecule has 1 amide bonds. The lowest BCUT2D eigenvalue weighted by Crippen LogP contribution is -2.50. The van der Waals surface area contributed by atoms with Crippen molar-refractivity contribution in [2.75, 3.05) is 6.61 Å². The Labute approximate surface area is 287 Å². The first kappa shape index (κ1) is 45.3. The SMILES string of the molecule is CCCCCCCCCCCCCCCC(=O)N[C@@H](CO)[C@H](O)[C@H](O)CCCCCCCCCCCCCCCCCCC(C)C. The summed E-state index contributed by atoms with van der Waals surface area (Å²) in [4.78, 5) is 12.4. The summed E-state index contributed by atoms with van der Waals surface area (Å²) in [5, 5.41) is 33.5. The molecule has 0 spiro atoms. The number of rotatable bonds is 37. The van der Waals surface area contributed by atoms with Gasteiger partial charge in [-0.3, -0.25) is 4.79 Å². The van der Waals surface area contributed by atoms with E-state index in [-0.39, 0.29) is 12.5 Å². The number of hydrogen-bond acceptors (Lipinski definition) is 4. The summed E-state index contributed by atoms with van der Waals surface area (Å²) in [6.45, 7) is 6.55. The van der Waals surface area contributed by atoms with E-state index in [1.165, 1.54) is 161 Å². The third-order valence-corrected chi connectivity index (χ3v) is 9.89. The molecule has 0 rings (SSSR count). The lowest BCUT2D eigenvalue weighted by molar-refractivity contribution is -0.124. The monoisotopic (exact) mass is 654 g/mol. The molecule has 0 bridgehead atoms. The normalized spacial score (nSPS) is 13.7. The van der Waals surface area contributed by atoms with Gasteiger partial charge in [-0.25, -0.2) is 0 Å². The van der Waals surface area contributed by atoms with E-state index in [0.717, 1.165) is 38.0 Å². The summed E-state index contributed by atoms with van der Waals surface area (Å²) in [6.07, 6.45) is 37.7. The molecule has 0 aliphatic rings. The van der Waals surface area contributed by atoms with Crippen LogP contribution in [0.4, 0.5) is 0 Å². The van der Waals surface area contributed by atoms with Crippen molar-refractivity contribution >= 4 is 5.91 Å². The summed E-state index contributed by atoms with van der Waals surface area (Å²) >= 11 is 0. The predicted octanol–water partition coefficient (Wildman–Crippen LogP) is 11.3. The van der Waals surface area contributed by atoms with Gasteiger partial charge >= 0.3 is 0 Å². The van der Waals surface area contributed by atoms with Crippen LogP contribution in [0.3, 0.4) is 0 Å². The van der Waals surface area contributed by atoms with Crippen LogP contribution >= 0.6 is 0 Å². The van der Waals surface area contributed by atoms with Crippen molar-refractivity contribution in [2.45, 2.75) is 244 Å². The van der Waals surface area contributed by atoms with Gasteiger partial charge in [0.2, 0.25) is 5.91 Å². The van der Waals surface area contributed by atoms with Gasteiger partial charge in [-0.1, -0.05) is 207 Å². The van der Waals surface area contributed by atoms with Gasteiger partial charge in [0.15, 0.2) is 0 Å². The third kappa shape index (κ3) is 31.9. The van der Waals surface area contributed by atoms with Crippen molar-refractivity contribution in [1.29, 1.82) is 0 Å². The summed E-state index contributed by atoms with van der Waals surface area (Å²) in [5.74, 6) is 0.715. The lowest BCUT2D eigenvalue weighted by Gasteiger charge is -2.26. The van der Waals surface area contributed by atoms with Gasteiger partial charge in [-0.05, 0) is 18.8 Å². The summed E-state index contributed by atoms with van der Waals surface area (Å²) in [7, 11) is 0. The number of nitrogens with one attached hydrogen (secondary N) is 1. The molecule has 276 valence electrons. The van der Waals surface area contributed by atoms with Crippen LogP contribution in [0.5, 0.6) is 0 Å². The van der Waals surface area contributed by atoms with E-state index in [2.05, 4.69) is 26.1 Å². The number of aliphatic hydroxyl groups excluding tert-OH is 3. The second-order valence-corrected chi connectivity index (χ2v) is 15.0. The zero-order chi connectivity index (χ0) is 33.9. The molecule has 0 unspecified atom stereocenters. The summed E-state index contributed by atoms with van der Waals surface area (Å²) < 4.78 is 0. The van der Waals surface area contributed by atoms with Crippen LogP contribution in [0, 0.1) is 5.92 Å². The average Bonchev–Trinajstić information content (AvgIpc) is 3.04. The molecule has 0 aromatic heterocycles. The molecule has 0 fully saturated rings. The third-order valence-electron chi connectivity index (χ3n) is 9.89. The topological polar surface area (TPSA) is 89.8 Å². The van der Waals surface area contributed by atoms with Gasteiger partial charge in [0.05, 0.1) is 18.8 Å². The van der Waals surface area contributed by atoms with Crippen LogP contribution in [0.2, 0.25) is 0 Å². The Morgan fingerprint density at radius 3 is 1.17 bits per heavy atom. The lowest BCUT2D eigenvalue weighted by atomic mass is 9.99. The number of hydrogen-bond donors (Lipinski definition) is 4. The van der Waals surface area contributed by atoms with Gasteiger partial charge < -0.3 is 20.6 Å². The Bertz CT molecular complexity index is 613. The van der Waals surface area contributed by atoms with E-state index in [4.69, 9.17) is 0 Å². The van der Waals surface area contributed by atoms with Crippen LogP contribution in [0.15, 0.2) is 0 Å². The Balaban J connectivity index is 3.60. The molecular weight excluding hydrogens is 570 g/mol. The number of aliphatic hydroxyl groups is 3. The summed E-state index contributed by atoms with van der Waals surface area (Å²) in [5.41, 5.74) is 0. The van der Waals surface area contributed by atoms with E-state index < -0.39 is 18.2 Å². The maximum atomic E-state index is 12.4. The molecule has 0 aromatic rings. The van der Waals surface area contributed by atoms with Crippen LogP contribution in [-0.2, 0) is 4.79 Å². The predicted molar refractivity (Wildman–Crippen MR) is 199 cm³/mol. The highest BCUT2D eigenvalue weighted by Gasteiger charge is 2.26. The second kappa shape index (κ2) is 35.7. The molecular formula is C41H83NO4. The van der Waals surface area contributed by atoms with Crippen molar-refractivity contribution in [3.63, 3.8) is 0 Å². The van der Waals surface area contributed by atoms with Crippen LogP contribution in [-0.4, -0.2) is 46.1 Å². The van der Waals surface area contributed by atoms with Crippen molar-refractivity contribution in [2.24, 2.45) is 5.92 Å². The first-order valence-electron chi connectivity index (χ1n) is 20.7. The van der Waals surface area contributed by atoms with E-state index in [9.17, 15) is 20.1 Å². The molecule has 0 saturated carbocycles. The first-order chi connectivity index (χ1) is 22.4. The van der Waals surface area contributed by atoms with Crippen LogP contribution < -0.4 is 5.32 Å². The molecule has 46 heavy (non-hydrogen) atoms. The van der Waals surface area contributed by atoms with Crippen molar-refractivity contribution in [3.8, 4) is 0 Å². The molecule has 5 nitrogen and oxygen atoms in total. The Morgan fingerprint density at radius 2 is 0.826 bits per heavy atom. The van der Waals surface area contributed by atoms with Crippen LogP contribution in [0.1, 0.15) is 226 Å². The zero-order valence-corrected chi connectivity index (χ0v) is 31.4. The van der Waals surface area contributed by atoms with Crippen molar-refractivity contribution in [1.82, 2.24) is 5.32 Å². The highest BCUT2D eigenvalue weighted by molar-refractivity contribution is 5.76. The standard InChI is InChI=1S/C41H83NO4/c1-4-5-6-7-8-9-10-15-20-23-26-29-32-35-40(45)42-38(36-43)41(46)39(44)34-31-28-25-22-19-17-14-12-11-13-16-18-21-24-27-30-33-37(2)3/h37-39,41,43-44,46H,4-36H2,1-3H3,(H,42,45)/t38-,39+,41-/m0/s1. The van der Waals surface area contributed by atoms with Gasteiger partial charge in [-0.2, -0.15) is 0 Å². The largest absolute Gasteiger partial charge is 0.394 e. The van der Waals surface area contributed by atoms with Gasteiger partial charge in [0.1, 0.15) is 6.10 Å². The fourth-order valence-electron chi connectivity index (χ4n) is 6.64. The Morgan fingerprint density at radius 1 is 0.500 bits per heavy atom. The smallest absolute Gasteiger partial charge is 0.220 e. The summed E-state index contributed by atoms with van der Waals surface area (Å²) in [6, 6.07) is -0.802. The second-order valence-electron chi connectivity index (χ2n) is 15.0. The number of carbonyl (C=O) groups is 1. The fourth-order valence-corrected chi connectivity index (χ4v) is 6.64. The molecule has 0 aromatic carbocycles. The Kier molecular flexibility index (Phi) is 35.1. The highest BCUT2D eigenvalue weighted by Crippen LogP contribution is 2.17. The molecule has 4 N–H and O–H groups in total. The molecule has 0 aliphatic heterocycles. The van der Waals surface area contributed by atoms with Crippen LogP contribution in [0.25, 0.3) is 0 Å². The zero-order valence-electron chi connectivity index (χ0n) is 31.4. The van der Waals surface area contributed by atoms with E-state index in [1.54, 1.807) is 0 Å². The average molecular weight is 654 g/mol. The number of unbranched alkanes of at least 4 members (excludes halogenated alkanes) is 27. The van der Waals surface area contributed by atoms with Gasteiger partial charge in [-0.15, -0.1) is 0 Å². The number of amides is 1. The van der Waals surface area contributed by atoms with Crippen molar-refractivity contribution < 1.29 is 20.1 Å². The van der Waals surface area contributed by atoms with E-state index in [1.807, 2.05) is 0 Å². The minimum Gasteiger partial charge on any atom is -0.394 e. The molecule has 3 atom stereocenters. The molecule has 0 radical (unpaired) electrons. The molecule has 0 aliphatic carbocycles. The van der Waals surface area contributed by atoms with E-state index >= 15 is 0 Å². The van der Waals surface area contributed by atoms with Crippen molar-refractivity contribution in [3.05, 3.63) is 0 Å². The van der Waals surface area contributed by atoms with E-state index in [0.29, 0.717) is 12.8 Å². The minimum atomic E-state index is -1.13. The van der Waals surface area contributed by atoms with Gasteiger partial charge in [0, 0.05) is 6.42 Å². The quantitative estimate of drug-likeness (QED) is 0.0502. The first-order valence-corrected chi connectivity index (χ1v) is 20.7. The minimum absolute atomic E-state index is 0.142. The molecule has 0 heterocycles. The molecule has 0 saturated heterocycles. The maximum Gasteiger partial charge on any atom is 0.220 e. The Hall–Kier alpha value is -0.650. The fraction of sp³-hybridized carbons (Fsp3) is 0.976. The highest BCUT2D eigenvalue weighted by atomic mass is 16.3.